The molecule has 0 saturated carbocycles. The zero-order valence-electron chi connectivity index (χ0n) is 17.3. The fourth-order valence-corrected chi connectivity index (χ4v) is 5.04. The molecule has 0 aromatic heterocycles. The number of hydrogen-bond donors (Lipinski definition) is 1. The van der Waals surface area contributed by atoms with E-state index in [4.69, 9.17) is 9.47 Å². The zero-order valence-corrected chi connectivity index (χ0v) is 18.9. The largest absolute Gasteiger partial charge is 0.497 e. The zero-order chi connectivity index (χ0) is 21.7. The van der Waals surface area contributed by atoms with Crippen molar-refractivity contribution in [2.24, 2.45) is 0 Å². The van der Waals surface area contributed by atoms with Gasteiger partial charge in [-0.25, -0.2) is 8.42 Å². The lowest BCUT2D eigenvalue weighted by Gasteiger charge is -2.27. The van der Waals surface area contributed by atoms with Crippen molar-refractivity contribution >= 4 is 33.4 Å². The summed E-state index contributed by atoms with van der Waals surface area (Å²) in [7, 11) is -0.954. The summed E-state index contributed by atoms with van der Waals surface area (Å²) >= 11 is 1.42. The predicted octanol–water partition coefficient (Wildman–Crippen LogP) is 3.85. The maximum atomic E-state index is 13.1. The second-order valence-electron chi connectivity index (χ2n) is 6.89. The minimum absolute atomic E-state index is 0.0264. The molecule has 0 atom stereocenters. The molecular formula is C21H26N2O5S2. The van der Waals surface area contributed by atoms with E-state index in [1.54, 1.807) is 29.2 Å². The molecule has 0 aliphatic carbocycles. The summed E-state index contributed by atoms with van der Waals surface area (Å²) < 4.78 is 39.1. The smallest absolute Gasteiger partial charge is 0.262 e. The third kappa shape index (κ3) is 4.84. The summed E-state index contributed by atoms with van der Waals surface area (Å²) in [5.74, 6) is 0.759. The Balaban J connectivity index is 1.93. The fourth-order valence-electron chi connectivity index (χ4n) is 3.38. The molecular weight excluding hydrogens is 424 g/mol. The van der Waals surface area contributed by atoms with Crippen molar-refractivity contribution in [3.8, 4) is 11.5 Å². The highest BCUT2D eigenvalue weighted by Gasteiger charge is 2.24. The van der Waals surface area contributed by atoms with Gasteiger partial charge in [-0.1, -0.05) is 0 Å². The van der Waals surface area contributed by atoms with E-state index >= 15 is 0 Å². The number of nitrogens with zero attached hydrogens (tertiary/aromatic N) is 1. The molecule has 0 radical (unpaired) electrons. The molecule has 1 amide bonds. The highest BCUT2D eigenvalue weighted by molar-refractivity contribution is 7.98. The number of carbonyl (C=O) groups excluding carboxylic acids is 1. The lowest BCUT2D eigenvalue weighted by atomic mass is 10.1. The maximum Gasteiger partial charge on any atom is 0.262 e. The summed E-state index contributed by atoms with van der Waals surface area (Å²) in [6, 6.07) is 9.47. The number of amides is 1. The van der Waals surface area contributed by atoms with Gasteiger partial charge in [-0.05, 0) is 55.9 Å². The normalized spacial score (nSPS) is 14.3. The van der Waals surface area contributed by atoms with Crippen LogP contribution >= 0.6 is 11.8 Å². The molecule has 0 bridgehead atoms. The van der Waals surface area contributed by atoms with Gasteiger partial charge in [0.2, 0.25) is 0 Å². The number of piperidine rings is 1. The van der Waals surface area contributed by atoms with Crippen LogP contribution in [-0.4, -0.2) is 52.8 Å². The average Bonchev–Trinajstić information content (AvgIpc) is 2.78. The van der Waals surface area contributed by atoms with Crippen LogP contribution in [0.25, 0.3) is 0 Å². The Morgan fingerprint density at radius 2 is 1.77 bits per heavy atom. The molecule has 1 saturated heterocycles. The van der Waals surface area contributed by atoms with Crippen molar-refractivity contribution in [3.05, 3.63) is 42.0 Å². The van der Waals surface area contributed by atoms with Crippen LogP contribution in [0.4, 0.5) is 5.69 Å². The fraction of sp³-hybridized carbons (Fsp3) is 0.381. The number of nitrogens with one attached hydrogen (secondary N) is 1. The van der Waals surface area contributed by atoms with Crippen molar-refractivity contribution in [1.82, 2.24) is 4.90 Å². The molecule has 7 nitrogen and oxygen atoms in total. The second-order valence-corrected chi connectivity index (χ2v) is 9.42. The Hall–Kier alpha value is -2.39. The van der Waals surface area contributed by atoms with E-state index in [-0.39, 0.29) is 16.5 Å². The van der Waals surface area contributed by atoms with E-state index in [1.807, 2.05) is 6.26 Å². The van der Waals surface area contributed by atoms with E-state index in [2.05, 4.69) is 4.72 Å². The van der Waals surface area contributed by atoms with Crippen LogP contribution < -0.4 is 14.2 Å². The van der Waals surface area contributed by atoms with Crippen molar-refractivity contribution in [2.75, 3.05) is 38.3 Å². The molecule has 0 spiro atoms. The van der Waals surface area contributed by atoms with Crippen LogP contribution in [0, 0.1) is 0 Å². The number of hydrogen-bond acceptors (Lipinski definition) is 6. The molecule has 1 aliphatic rings. The molecule has 2 aromatic carbocycles. The topological polar surface area (TPSA) is 84.9 Å². The molecule has 162 valence electrons. The number of ether oxygens (including phenoxy) is 2. The van der Waals surface area contributed by atoms with E-state index in [0.29, 0.717) is 30.2 Å². The van der Waals surface area contributed by atoms with Gasteiger partial charge in [-0.3, -0.25) is 9.52 Å². The predicted molar refractivity (Wildman–Crippen MR) is 118 cm³/mol. The van der Waals surface area contributed by atoms with Gasteiger partial charge in [0.05, 0.1) is 30.4 Å². The average molecular weight is 451 g/mol. The van der Waals surface area contributed by atoms with Gasteiger partial charge in [0.1, 0.15) is 11.5 Å². The first-order valence-electron chi connectivity index (χ1n) is 9.61. The molecule has 2 aromatic rings. The lowest BCUT2D eigenvalue weighted by molar-refractivity contribution is 0.0720. The van der Waals surface area contributed by atoms with E-state index < -0.39 is 10.0 Å². The van der Waals surface area contributed by atoms with Crippen LogP contribution in [0.15, 0.2) is 46.2 Å². The second kappa shape index (κ2) is 9.61. The van der Waals surface area contributed by atoms with Gasteiger partial charge < -0.3 is 14.4 Å². The summed E-state index contributed by atoms with van der Waals surface area (Å²) in [5.41, 5.74) is 0.699. The van der Waals surface area contributed by atoms with Crippen LogP contribution in [0.1, 0.15) is 29.6 Å². The highest BCUT2D eigenvalue weighted by Crippen LogP contribution is 2.32. The lowest BCUT2D eigenvalue weighted by Crippen LogP contribution is -2.36. The Morgan fingerprint density at radius 1 is 1.03 bits per heavy atom. The molecule has 1 heterocycles. The number of sulfonamides is 1. The quantitative estimate of drug-likeness (QED) is 0.645. The first-order chi connectivity index (χ1) is 14.4. The van der Waals surface area contributed by atoms with Crippen molar-refractivity contribution in [3.63, 3.8) is 0 Å². The number of likely N-dealkylation sites (tertiary alicyclic amines) is 1. The Bertz CT molecular complexity index is 1020. The minimum Gasteiger partial charge on any atom is -0.497 e. The molecule has 9 heteroatoms. The Morgan fingerprint density at radius 3 is 2.40 bits per heavy atom. The summed E-state index contributed by atoms with van der Waals surface area (Å²) in [6.07, 6.45) is 4.92. The Labute approximate surface area is 181 Å². The van der Waals surface area contributed by atoms with Crippen molar-refractivity contribution in [1.29, 1.82) is 0 Å². The number of carbonyl (C=O) groups is 1. The van der Waals surface area contributed by atoms with Gasteiger partial charge in [-0.2, -0.15) is 0 Å². The molecule has 0 unspecified atom stereocenters. The van der Waals surface area contributed by atoms with Gasteiger partial charge in [0, 0.05) is 24.1 Å². The van der Waals surface area contributed by atoms with E-state index in [1.165, 1.54) is 38.1 Å². The summed E-state index contributed by atoms with van der Waals surface area (Å²) in [4.78, 5) is 15.6. The van der Waals surface area contributed by atoms with Crippen LogP contribution in [-0.2, 0) is 10.0 Å². The standard InChI is InChI=1S/C21H26N2O5S2/c1-27-15-7-9-18(19(13-15)28-2)22-30(25,26)16-8-10-20(29-3)17(14-16)21(24)23-11-5-4-6-12-23/h7-10,13-14,22H,4-6,11-12H2,1-3H3. The number of thioether (sulfide) groups is 1. The molecule has 30 heavy (non-hydrogen) atoms. The van der Waals surface area contributed by atoms with Crippen LogP contribution in [0.3, 0.4) is 0 Å². The molecule has 1 fully saturated rings. The van der Waals surface area contributed by atoms with Crippen LogP contribution in [0.5, 0.6) is 11.5 Å². The maximum absolute atomic E-state index is 13.1. The number of methoxy groups -OCH3 is 2. The summed E-state index contributed by atoms with van der Waals surface area (Å²) in [6.45, 7) is 1.40. The number of anilines is 1. The Kier molecular flexibility index (Phi) is 7.14. The minimum atomic E-state index is -3.93. The molecule has 3 rings (SSSR count). The van der Waals surface area contributed by atoms with Crippen LogP contribution in [0.2, 0.25) is 0 Å². The summed E-state index contributed by atoms with van der Waals surface area (Å²) in [5, 5.41) is 0. The van der Waals surface area contributed by atoms with Crippen molar-refractivity contribution in [2.45, 2.75) is 29.1 Å². The SMILES string of the molecule is COc1ccc(NS(=O)(=O)c2ccc(SC)c(C(=O)N3CCCCC3)c2)c(OC)c1. The number of rotatable bonds is 7. The van der Waals surface area contributed by atoms with E-state index in [0.717, 1.165) is 24.2 Å². The molecule has 1 N–H and O–H groups in total. The third-order valence-electron chi connectivity index (χ3n) is 5.01. The first kappa shape index (κ1) is 22.3. The highest BCUT2D eigenvalue weighted by atomic mass is 32.2. The number of benzene rings is 2. The van der Waals surface area contributed by atoms with E-state index in [9.17, 15) is 13.2 Å². The molecule has 1 aliphatic heterocycles. The monoisotopic (exact) mass is 450 g/mol. The van der Waals surface area contributed by atoms with Crippen molar-refractivity contribution < 1.29 is 22.7 Å². The van der Waals surface area contributed by atoms with Gasteiger partial charge in [0.25, 0.3) is 15.9 Å². The van der Waals surface area contributed by atoms with Gasteiger partial charge >= 0.3 is 0 Å². The van der Waals surface area contributed by atoms with Gasteiger partial charge in [0.15, 0.2) is 0 Å². The van der Waals surface area contributed by atoms with Gasteiger partial charge in [-0.15, -0.1) is 11.8 Å². The third-order valence-corrected chi connectivity index (χ3v) is 7.17. The first-order valence-corrected chi connectivity index (χ1v) is 12.3.